The molecule has 0 aromatic carbocycles. The summed E-state index contributed by atoms with van der Waals surface area (Å²) >= 11 is 4.71. The Hall–Kier alpha value is -0.0200. The third kappa shape index (κ3) is 1.46. The highest BCUT2D eigenvalue weighted by molar-refractivity contribution is 7.79. The van der Waals surface area contributed by atoms with E-state index in [-0.39, 0.29) is 6.04 Å². The molecule has 2 atom stereocenters. The van der Waals surface area contributed by atoms with Crippen LogP contribution in [0.3, 0.4) is 0 Å². The maximum Gasteiger partial charge on any atom is 0.115 e. The Kier molecular flexibility index (Phi) is 2.13. The molecule has 0 saturated carbocycles. The van der Waals surface area contributed by atoms with Crippen LogP contribution in [-0.2, 0) is 0 Å². The van der Waals surface area contributed by atoms with E-state index in [4.69, 9.17) is 12.2 Å². The first kappa shape index (κ1) is 7.09. The summed E-state index contributed by atoms with van der Waals surface area (Å²) in [6.07, 6.45) is -0.0841. The highest BCUT2D eigenvalue weighted by Crippen LogP contribution is 2.16. The van der Waals surface area contributed by atoms with Crippen molar-refractivity contribution >= 4 is 17.6 Å². The van der Waals surface area contributed by atoms with Gasteiger partial charge < -0.3 is 0 Å². The van der Waals surface area contributed by atoms with Crippen LogP contribution < -0.4 is 0 Å². The zero-order valence-corrected chi connectivity index (χ0v) is 6.20. The summed E-state index contributed by atoms with van der Waals surface area (Å²) < 4.78 is 12.5. The smallest absolute Gasteiger partial charge is 0.115 e. The number of rotatable bonds is 1. The van der Waals surface area contributed by atoms with Crippen molar-refractivity contribution in [1.29, 1.82) is 0 Å². The van der Waals surface area contributed by atoms with E-state index >= 15 is 0 Å². The molecule has 0 N–H and O–H groups in total. The summed E-state index contributed by atoms with van der Waals surface area (Å²) in [5, 5.41) is 1.64. The molecule has 0 bridgehead atoms. The van der Waals surface area contributed by atoms with Gasteiger partial charge in [0.25, 0.3) is 0 Å². The van der Waals surface area contributed by atoms with Crippen LogP contribution in [0.15, 0.2) is 0 Å². The molecule has 0 spiro atoms. The van der Waals surface area contributed by atoms with E-state index in [9.17, 15) is 4.39 Å². The molecule has 1 aliphatic heterocycles. The maximum atomic E-state index is 12.5. The van der Waals surface area contributed by atoms with Crippen molar-refractivity contribution < 1.29 is 4.39 Å². The first-order valence-electron chi connectivity index (χ1n) is 3.03. The number of thiocarbonyl (C=S) groups is 1. The topological polar surface area (TPSA) is 3.24 Å². The van der Waals surface area contributed by atoms with Gasteiger partial charge in [0.15, 0.2) is 0 Å². The van der Waals surface area contributed by atoms with Crippen LogP contribution in [-0.4, -0.2) is 36.1 Å². The van der Waals surface area contributed by atoms with Crippen molar-refractivity contribution in [1.82, 2.24) is 4.90 Å². The number of hydrogen-bond acceptors (Lipinski definition) is 2. The fraction of sp³-hybridized carbons (Fsp3) is 0.833. The van der Waals surface area contributed by atoms with Gasteiger partial charge in [-0.1, -0.05) is 12.2 Å². The molecule has 1 aliphatic rings. The molecule has 1 fully saturated rings. The molecule has 0 amide bonds. The van der Waals surface area contributed by atoms with Gasteiger partial charge in [0, 0.05) is 12.6 Å². The number of halogens is 1. The number of alkyl halides is 1. The van der Waals surface area contributed by atoms with Crippen LogP contribution >= 0.6 is 12.2 Å². The number of hydrogen-bond donors (Lipinski definition) is 0. The second-order valence-electron chi connectivity index (χ2n) is 2.48. The van der Waals surface area contributed by atoms with Gasteiger partial charge in [-0.3, -0.25) is 4.90 Å². The fourth-order valence-corrected chi connectivity index (χ4v) is 1.44. The summed E-state index contributed by atoms with van der Waals surface area (Å²) in [5.74, 6) is 0. The predicted octanol–water partition coefficient (Wildman–Crippen LogP) is 1.03. The van der Waals surface area contributed by atoms with Gasteiger partial charge in [0.1, 0.15) is 6.17 Å². The maximum absolute atomic E-state index is 12.5. The van der Waals surface area contributed by atoms with Gasteiger partial charge in [0.2, 0.25) is 0 Å². The molecular weight excluding hydrogens is 137 g/mol. The van der Waals surface area contributed by atoms with Crippen molar-refractivity contribution in [2.24, 2.45) is 0 Å². The Labute approximate surface area is 59.8 Å². The third-order valence-corrected chi connectivity index (χ3v) is 2.02. The molecule has 0 radical (unpaired) electrons. The summed E-state index contributed by atoms with van der Waals surface area (Å²) in [4.78, 5) is 1.94. The van der Waals surface area contributed by atoms with Crippen LogP contribution in [0, 0.1) is 0 Å². The molecule has 0 aliphatic carbocycles. The highest BCUT2D eigenvalue weighted by atomic mass is 32.1. The van der Waals surface area contributed by atoms with E-state index in [0.29, 0.717) is 13.0 Å². The van der Waals surface area contributed by atoms with E-state index in [1.165, 1.54) is 0 Å². The van der Waals surface area contributed by atoms with Gasteiger partial charge in [-0.2, -0.15) is 0 Å². The lowest BCUT2D eigenvalue weighted by atomic mass is 10.2. The van der Waals surface area contributed by atoms with Crippen LogP contribution in [0.4, 0.5) is 4.39 Å². The zero-order valence-electron chi connectivity index (χ0n) is 5.38. The molecule has 0 aromatic heterocycles. The molecule has 2 unspecified atom stereocenters. The lowest BCUT2D eigenvalue weighted by molar-refractivity contribution is 0.316. The van der Waals surface area contributed by atoms with E-state index in [1.807, 2.05) is 11.9 Å². The standard InChI is InChI=1S/C6H10FNS/c1-8-3-5(7)2-6(8)4-9/h4-6H,2-3H2,1H3. The molecular formula is C6H10FNS. The second-order valence-corrected chi connectivity index (χ2v) is 2.75. The fourth-order valence-electron chi connectivity index (χ4n) is 1.12. The summed E-state index contributed by atoms with van der Waals surface area (Å²) in [7, 11) is 1.90. The first-order chi connectivity index (χ1) is 4.24. The van der Waals surface area contributed by atoms with Gasteiger partial charge in [-0.05, 0) is 18.8 Å². The molecule has 1 rings (SSSR count). The Morgan fingerprint density at radius 2 is 2.44 bits per heavy atom. The SMILES string of the molecule is CN1CC(F)CC1C=S. The minimum atomic E-state index is -0.667. The Morgan fingerprint density at radius 3 is 2.67 bits per heavy atom. The van der Waals surface area contributed by atoms with Gasteiger partial charge >= 0.3 is 0 Å². The Morgan fingerprint density at radius 1 is 1.78 bits per heavy atom. The van der Waals surface area contributed by atoms with Crippen LogP contribution in [0.5, 0.6) is 0 Å². The molecule has 52 valence electrons. The van der Waals surface area contributed by atoms with Gasteiger partial charge in [-0.15, -0.1) is 0 Å². The van der Waals surface area contributed by atoms with Crippen LogP contribution in [0.1, 0.15) is 6.42 Å². The molecule has 1 nitrogen and oxygen atoms in total. The van der Waals surface area contributed by atoms with E-state index in [2.05, 4.69) is 0 Å². The normalized spacial score (nSPS) is 37.1. The first-order valence-corrected chi connectivity index (χ1v) is 3.51. The minimum absolute atomic E-state index is 0.190. The average molecular weight is 147 g/mol. The van der Waals surface area contributed by atoms with E-state index < -0.39 is 6.17 Å². The van der Waals surface area contributed by atoms with Crippen molar-refractivity contribution in [3.63, 3.8) is 0 Å². The van der Waals surface area contributed by atoms with Crippen LogP contribution in [0.25, 0.3) is 0 Å². The monoisotopic (exact) mass is 147 g/mol. The molecule has 1 heterocycles. The Balaban J connectivity index is 2.47. The second kappa shape index (κ2) is 2.71. The average Bonchev–Trinajstić information content (AvgIpc) is 2.10. The number of nitrogens with zero attached hydrogens (tertiary/aromatic N) is 1. The Bertz CT molecular complexity index is 118. The molecule has 0 aromatic rings. The molecule has 1 saturated heterocycles. The summed E-state index contributed by atoms with van der Waals surface area (Å²) in [6, 6.07) is 0.190. The van der Waals surface area contributed by atoms with Crippen molar-refractivity contribution in [2.45, 2.75) is 18.6 Å². The van der Waals surface area contributed by atoms with E-state index in [0.717, 1.165) is 0 Å². The summed E-state index contributed by atoms with van der Waals surface area (Å²) in [6.45, 7) is 0.539. The third-order valence-electron chi connectivity index (χ3n) is 1.71. The lowest BCUT2D eigenvalue weighted by Gasteiger charge is -2.11. The zero-order chi connectivity index (χ0) is 6.85. The molecule has 9 heavy (non-hydrogen) atoms. The van der Waals surface area contributed by atoms with Crippen molar-refractivity contribution in [3.05, 3.63) is 0 Å². The van der Waals surface area contributed by atoms with Crippen molar-refractivity contribution in [2.75, 3.05) is 13.6 Å². The molecule has 3 heteroatoms. The highest BCUT2D eigenvalue weighted by Gasteiger charge is 2.26. The largest absolute Gasteiger partial charge is 0.296 e. The quantitative estimate of drug-likeness (QED) is 0.510. The predicted molar refractivity (Wildman–Crippen MR) is 39.6 cm³/mol. The minimum Gasteiger partial charge on any atom is -0.296 e. The summed E-state index contributed by atoms with van der Waals surface area (Å²) in [5.41, 5.74) is 0. The van der Waals surface area contributed by atoms with Crippen molar-refractivity contribution in [3.8, 4) is 0 Å². The van der Waals surface area contributed by atoms with Crippen LogP contribution in [0.2, 0.25) is 0 Å². The van der Waals surface area contributed by atoms with Gasteiger partial charge in [0.05, 0.1) is 0 Å². The number of likely N-dealkylation sites (tertiary alicyclic amines) is 1. The lowest BCUT2D eigenvalue weighted by Crippen LogP contribution is -2.25. The van der Waals surface area contributed by atoms with Gasteiger partial charge in [-0.25, -0.2) is 4.39 Å². The van der Waals surface area contributed by atoms with E-state index in [1.54, 1.807) is 5.37 Å².